The highest BCUT2D eigenvalue weighted by molar-refractivity contribution is 5.92. The molecule has 5 heteroatoms. The summed E-state index contributed by atoms with van der Waals surface area (Å²) in [6, 6.07) is 4.10. The summed E-state index contributed by atoms with van der Waals surface area (Å²) in [6.45, 7) is 4.69. The standard InChI is InChI=1S/C19H25N3O2/c1-3-7-17-21-14(2)18(24-17)19(23)22-13-6-4-5-8-16(22)15-9-11-20-12-10-15/h9-12,16H,3-8,13H2,1-2H3. The molecule has 24 heavy (non-hydrogen) atoms. The van der Waals surface area contributed by atoms with E-state index >= 15 is 0 Å². The number of hydrogen-bond acceptors (Lipinski definition) is 4. The van der Waals surface area contributed by atoms with Crippen LogP contribution in [0.15, 0.2) is 28.9 Å². The number of likely N-dealkylation sites (tertiary alicyclic amines) is 1. The van der Waals surface area contributed by atoms with E-state index in [0.717, 1.165) is 50.6 Å². The zero-order chi connectivity index (χ0) is 16.9. The van der Waals surface area contributed by atoms with Gasteiger partial charge in [-0.15, -0.1) is 0 Å². The average Bonchev–Trinajstić information content (AvgIpc) is 2.82. The molecule has 1 amide bonds. The molecule has 1 aliphatic rings. The lowest BCUT2D eigenvalue weighted by atomic mass is 10.0. The Labute approximate surface area is 143 Å². The number of amides is 1. The molecule has 0 bridgehead atoms. The number of nitrogens with zero attached hydrogens (tertiary/aromatic N) is 3. The summed E-state index contributed by atoms with van der Waals surface area (Å²) in [6.07, 6.45) is 9.60. The van der Waals surface area contributed by atoms with Crippen molar-refractivity contribution in [3.8, 4) is 0 Å². The van der Waals surface area contributed by atoms with E-state index in [4.69, 9.17) is 4.42 Å². The van der Waals surface area contributed by atoms with Gasteiger partial charge in [0.1, 0.15) is 0 Å². The molecular formula is C19H25N3O2. The van der Waals surface area contributed by atoms with Crippen LogP contribution >= 0.6 is 0 Å². The van der Waals surface area contributed by atoms with Crippen molar-refractivity contribution in [1.29, 1.82) is 0 Å². The van der Waals surface area contributed by atoms with Gasteiger partial charge in [0.25, 0.3) is 5.91 Å². The summed E-state index contributed by atoms with van der Waals surface area (Å²) in [5.41, 5.74) is 1.84. The van der Waals surface area contributed by atoms with Crippen molar-refractivity contribution in [1.82, 2.24) is 14.9 Å². The molecule has 1 fully saturated rings. The van der Waals surface area contributed by atoms with Crippen LogP contribution in [0.25, 0.3) is 0 Å². The lowest BCUT2D eigenvalue weighted by Gasteiger charge is -2.29. The number of aryl methyl sites for hydroxylation is 2. The lowest BCUT2D eigenvalue weighted by Crippen LogP contribution is -2.35. The van der Waals surface area contributed by atoms with Crippen molar-refractivity contribution in [2.45, 2.75) is 58.4 Å². The van der Waals surface area contributed by atoms with Gasteiger partial charge in [-0.1, -0.05) is 19.8 Å². The summed E-state index contributed by atoms with van der Waals surface area (Å²) in [5.74, 6) is 1.03. The highest BCUT2D eigenvalue weighted by Gasteiger charge is 2.30. The maximum Gasteiger partial charge on any atom is 0.292 e. The van der Waals surface area contributed by atoms with E-state index in [-0.39, 0.29) is 11.9 Å². The molecule has 2 aromatic rings. The minimum atomic E-state index is -0.0361. The summed E-state index contributed by atoms with van der Waals surface area (Å²) in [4.78, 5) is 23.6. The van der Waals surface area contributed by atoms with Gasteiger partial charge in [0.2, 0.25) is 5.76 Å². The third-order valence-corrected chi connectivity index (χ3v) is 4.60. The third kappa shape index (κ3) is 3.50. The molecule has 0 aromatic carbocycles. The number of carbonyl (C=O) groups is 1. The first-order chi connectivity index (χ1) is 11.7. The summed E-state index contributed by atoms with van der Waals surface area (Å²) >= 11 is 0. The summed E-state index contributed by atoms with van der Waals surface area (Å²) in [5, 5.41) is 0. The molecule has 0 saturated carbocycles. The molecular weight excluding hydrogens is 302 g/mol. The molecule has 0 radical (unpaired) electrons. The Bertz CT molecular complexity index is 681. The van der Waals surface area contributed by atoms with Crippen molar-refractivity contribution in [3.63, 3.8) is 0 Å². The Hall–Kier alpha value is -2.17. The van der Waals surface area contributed by atoms with Gasteiger partial charge >= 0.3 is 0 Å². The van der Waals surface area contributed by atoms with E-state index in [1.54, 1.807) is 12.4 Å². The van der Waals surface area contributed by atoms with Crippen LogP contribution in [0.4, 0.5) is 0 Å². The minimum absolute atomic E-state index is 0.0361. The van der Waals surface area contributed by atoms with E-state index in [9.17, 15) is 4.79 Å². The molecule has 0 aliphatic carbocycles. The molecule has 1 atom stereocenters. The maximum atomic E-state index is 13.2. The van der Waals surface area contributed by atoms with Crippen molar-refractivity contribution in [2.75, 3.05) is 6.54 Å². The Morgan fingerprint density at radius 1 is 1.29 bits per heavy atom. The van der Waals surface area contributed by atoms with Gasteiger partial charge < -0.3 is 9.32 Å². The monoisotopic (exact) mass is 327 g/mol. The topological polar surface area (TPSA) is 59.2 Å². The predicted octanol–water partition coefficient (Wildman–Crippen LogP) is 4.09. The number of oxazole rings is 1. The summed E-state index contributed by atoms with van der Waals surface area (Å²) < 4.78 is 5.78. The first-order valence-corrected chi connectivity index (χ1v) is 8.88. The van der Waals surface area contributed by atoms with Gasteiger partial charge in [0, 0.05) is 25.4 Å². The van der Waals surface area contributed by atoms with Crippen LogP contribution in [0.5, 0.6) is 0 Å². The summed E-state index contributed by atoms with van der Waals surface area (Å²) in [7, 11) is 0. The van der Waals surface area contributed by atoms with Crippen LogP contribution in [-0.2, 0) is 6.42 Å². The highest BCUT2D eigenvalue weighted by Crippen LogP contribution is 2.31. The molecule has 0 N–H and O–H groups in total. The molecule has 128 valence electrons. The fourth-order valence-electron chi connectivity index (χ4n) is 3.39. The highest BCUT2D eigenvalue weighted by atomic mass is 16.4. The smallest absolute Gasteiger partial charge is 0.292 e. The number of carbonyl (C=O) groups excluding carboxylic acids is 1. The van der Waals surface area contributed by atoms with E-state index in [1.165, 1.54) is 0 Å². The quantitative estimate of drug-likeness (QED) is 0.848. The number of hydrogen-bond donors (Lipinski definition) is 0. The molecule has 1 unspecified atom stereocenters. The second-order valence-corrected chi connectivity index (χ2v) is 6.42. The maximum absolute atomic E-state index is 13.2. The zero-order valence-corrected chi connectivity index (χ0v) is 14.5. The van der Waals surface area contributed by atoms with Gasteiger partial charge in [0.15, 0.2) is 5.89 Å². The number of rotatable bonds is 4. The second kappa shape index (κ2) is 7.60. The number of pyridine rings is 1. The fraction of sp³-hybridized carbons (Fsp3) is 0.526. The molecule has 3 rings (SSSR count). The Morgan fingerprint density at radius 3 is 2.83 bits per heavy atom. The molecule has 3 heterocycles. The van der Waals surface area contributed by atoms with Crippen molar-refractivity contribution in [2.24, 2.45) is 0 Å². The molecule has 2 aromatic heterocycles. The minimum Gasteiger partial charge on any atom is -0.435 e. The Kier molecular flexibility index (Phi) is 5.28. The van der Waals surface area contributed by atoms with Crippen LogP contribution < -0.4 is 0 Å². The molecule has 5 nitrogen and oxygen atoms in total. The van der Waals surface area contributed by atoms with Gasteiger partial charge in [-0.2, -0.15) is 0 Å². The first-order valence-electron chi connectivity index (χ1n) is 8.88. The van der Waals surface area contributed by atoms with Crippen LogP contribution in [0.1, 0.15) is 72.8 Å². The second-order valence-electron chi connectivity index (χ2n) is 6.42. The normalized spacial score (nSPS) is 18.4. The van der Waals surface area contributed by atoms with Crippen molar-refractivity contribution < 1.29 is 9.21 Å². The number of aromatic nitrogens is 2. The van der Waals surface area contributed by atoms with Gasteiger partial charge in [-0.3, -0.25) is 9.78 Å². The van der Waals surface area contributed by atoms with Crippen LogP contribution in [0, 0.1) is 6.92 Å². The largest absolute Gasteiger partial charge is 0.435 e. The lowest BCUT2D eigenvalue weighted by molar-refractivity contribution is 0.0645. The van der Waals surface area contributed by atoms with Crippen LogP contribution in [0.2, 0.25) is 0 Å². The van der Waals surface area contributed by atoms with E-state index in [0.29, 0.717) is 17.3 Å². The third-order valence-electron chi connectivity index (χ3n) is 4.60. The average molecular weight is 327 g/mol. The van der Waals surface area contributed by atoms with E-state index in [2.05, 4.69) is 16.9 Å². The molecule has 1 saturated heterocycles. The van der Waals surface area contributed by atoms with Crippen LogP contribution in [-0.4, -0.2) is 27.3 Å². The van der Waals surface area contributed by atoms with Crippen LogP contribution in [0.3, 0.4) is 0 Å². The van der Waals surface area contributed by atoms with Crippen molar-refractivity contribution in [3.05, 3.63) is 47.4 Å². The van der Waals surface area contributed by atoms with Gasteiger partial charge in [-0.25, -0.2) is 4.98 Å². The molecule has 0 spiro atoms. The Morgan fingerprint density at radius 2 is 2.08 bits per heavy atom. The van der Waals surface area contributed by atoms with Crippen molar-refractivity contribution >= 4 is 5.91 Å². The first kappa shape index (κ1) is 16.7. The van der Waals surface area contributed by atoms with E-state index < -0.39 is 0 Å². The SMILES string of the molecule is CCCc1nc(C)c(C(=O)N2CCCCCC2c2ccncc2)o1. The van der Waals surface area contributed by atoms with E-state index in [1.807, 2.05) is 24.0 Å². The fourth-order valence-corrected chi connectivity index (χ4v) is 3.39. The predicted molar refractivity (Wildman–Crippen MR) is 91.7 cm³/mol. The van der Waals surface area contributed by atoms with Gasteiger partial charge in [0.05, 0.1) is 11.7 Å². The zero-order valence-electron chi connectivity index (χ0n) is 14.5. The van der Waals surface area contributed by atoms with Gasteiger partial charge in [-0.05, 0) is 43.9 Å². The molecule has 1 aliphatic heterocycles. The Balaban J connectivity index is 1.90.